The second-order valence-corrected chi connectivity index (χ2v) is 6.54. The standard InChI is InChI=1S/C21H21FN4O2.HI/c22-15-7-5-14(6-8-15)20-25-16(13-28-20)9-11-24-21(23)26-18-10-12-27-19-4-2-1-3-17(18)19;/h1-8,13,18H,9-12H2,(H3,23,24,26);1H. The number of ether oxygens (including phenoxy) is 1. The van der Waals surface area contributed by atoms with Crippen LogP contribution in [0, 0.1) is 5.82 Å². The van der Waals surface area contributed by atoms with Gasteiger partial charge in [-0.2, -0.15) is 0 Å². The van der Waals surface area contributed by atoms with E-state index in [1.54, 1.807) is 18.4 Å². The molecule has 2 heterocycles. The van der Waals surface area contributed by atoms with Gasteiger partial charge in [-0.1, -0.05) is 18.2 Å². The molecule has 0 fully saturated rings. The van der Waals surface area contributed by atoms with Gasteiger partial charge in [-0.25, -0.2) is 9.37 Å². The second-order valence-electron chi connectivity index (χ2n) is 6.54. The van der Waals surface area contributed by atoms with Crippen molar-refractivity contribution in [1.29, 1.82) is 0 Å². The summed E-state index contributed by atoms with van der Waals surface area (Å²) >= 11 is 0. The van der Waals surface area contributed by atoms with Gasteiger partial charge in [-0.05, 0) is 30.3 Å². The molecule has 3 N–H and O–H groups in total. The van der Waals surface area contributed by atoms with Crippen LogP contribution in [0.4, 0.5) is 4.39 Å². The fourth-order valence-electron chi connectivity index (χ4n) is 3.15. The van der Waals surface area contributed by atoms with Crippen molar-refractivity contribution in [2.75, 3.05) is 13.2 Å². The molecule has 0 aliphatic carbocycles. The van der Waals surface area contributed by atoms with Crippen molar-refractivity contribution in [2.45, 2.75) is 18.9 Å². The molecule has 29 heavy (non-hydrogen) atoms. The average Bonchev–Trinajstić information content (AvgIpc) is 3.18. The number of aliphatic imine (C=N–C) groups is 1. The number of nitrogens with two attached hydrogens (primary N) is 1. The number of oxazole rings is 1. The highest BCUT2D eigenvalue weighted by atomic mass is 127. The van der Waals surface area contributed by atoms with Crippen molar-refractivity contribution in [1.82, 2.24) is 10.3 Å². The number of benzene rings is 2. The van der Waals surface area contributed by atoms with Crippen molar-refractivity contribution in [3.63, 3.8) is 0 Å². The maximum Gasteiger partial charge on any atom is 0.226 e. The van der Waals surface area contributed by atoms with E-state index in [9.17, 15) is 4.39 Å². The van der Waals surface area contributed by atoms with Crippen LogP contribution in [0.25, 0.3) is 11.5 Å². The number of para-hydroxylation sites is 1. The predicted molar refractivity (Wildman–Crippen MR) is 120 cm³/mol. The highest BCUT2D eigenvalue weighted by Crippen LogP contribution is 2.31. The summed E-state index contributed by atoms with van der Waals surface area (Å²) in [6.07, 6.45) is 3.02. The molecule has 0 saturated carbocycles. The van der Waals surface area contributed by atoms with Crippen molar-refractivity contribution < 1.29 is 13.5 Å². The Balaban J connectivity index is 0.00000240. The lowest BCUT2D eigenvalue weighted by molar-refractivity contribution is 0.262. The van der Waals surface area contributed by atoms with E-state index in [4.69, 9.17) is 14.9 Å². The summed E-state index contributed by atoms with van der Waals surface area (Å²) in [6.45, 7) is 1.13. The SMILES string of the molecule is I.NC(=NCCc1coc(-c2ccc(F)cc2)n1)NC1CCOc2ccccc21. The van der Waals surface area contributed by atoms with Crippen molar-refractivity contribution in [3.8, 4) is 17.2 Å². The summed E-state index contributed by atoms with van der Waals surface area (Å²) in [6, 6.07) is 14.1. The van der Waals surface area contributed by atoms with Gasteiger partial charge in [-0.15, -0.1) is 24.0 Å². The number of nitrogens with one attached hydrogen (secondary N) is 1. The highest BCUT2D eigenvalue weighted by Gasteiger charge is 2.21. The lowest BCUT2D eigenvalue weighted by atomic mass is 10.0. The smallest absolute Gasteiger partial charge is 0.226 e. The van der Waals surface area contributed by atoms with E-state index >= 15 is 0 Å². The minimum atomic E-state index is -0.292. The fraction of sp³-hybridized carbons (Fsp3) is 0.238. The van der Waals surface area contributed by atoms with E-state index in [0.29, 0.717) is 31.4 Å². The van der Waals surface area contributed by atoms with Gasteiger partial charge in [0.1, 0.15) is 17.8 Å². The van der Waals surface area contributed by atoms with Crippen LogP contribution in [-0.2, 0) is 6.42 Å². The number of guanidine groups is 1. The number of nitrogens with zero attached hydrogens (tertiary/aromatic N) is 2. The summed E-state index contributed by atoms with van der Waals surface area (Å²) in [5.74, 6) is 1.45. The second kappa shape index (κ2) is 9.73. The van der Waals surface area contributed by atoms with E-state index in [-0.39, 0.29) is 35.8 Å². The average molecular weight is 508 g/mol. The van der Waals surface area contributed by atoms with Crippen molar-refractivity contribution in [3.05, 3.63) is 71.9 Å². The molecule has 1 aliphatic rings. The molecule has 0 saturated heterocycles. The monoisotopic (exact) mass is 508 g/mol. The number of hydrogen-bond acceptors (Lipinski definition) is 4. The van der Waals surface area contributed by atoms with Gasteiger partial charge in [0, 0.05) is 30.5 Å². The summed E-state index contributed by atoms with van der Waals surface area (Å²) in [4.78, 5) is 8.81. The normalized spacial score (nSPS) is 15.8. The lowest BCUT2D eigenvalue weighted by Crippen LogP contribution is -2.37. The number of hydrogen-bond donors (Lipinski definition) is 2. The Hall–Kier alpha value is -2.62. The first-order valence-corrected chi connectivity index (χ1v) is 9.17. The van der Waals surface area contributed by atoms with Crippen LogP contribution in [-0.4, -0.2) is 24.1 Å². The van der Waals surface area contributed by atoms with E-state index in [0.717, 1.165) is 29.0 Å². The molecule has 152 valence electrons. The molecule has 0 radical (unpaired) electrons. The first-order chi connectivity index (χ1) is 13.7. The molecule has 8 heteroatoms. The van der Waals surface area contributed by atoms with Gasteiger partial charge in [0.2, 0.25) is 5.89 Å². The Morgan fingerprint density at radius 2 is 2.00 bits per heavy atom. The molecule has 1 aromatic heterocycles. The van der Waals surface area contributed by atoms with Crippen LogP contribution in [0.3, 0.4) is 0 Å². The number of halogens is 2. The summed E-state index contributed by atoms with van der Waals surface area (Å²) < 4.78 is 24.1. The first-order valence-electron chi connectivity index (χ1n) is 9.17. The van der Waals surface area contributed by atoms with Crippen molar-refractivity contribution >= 4 is 29.9 Å². The van der Waals surface area contributed by atoms with Gasteiger partial charge in [-0.3, -0.25) is 4.99 Å². The number of fused-ring (bicyclic) bond motifs is 1. The van der Waals surface area contributed by atoms with Crippen LogP contribution in [0.1, 0.15) is 23.7 Å². The molecule has 1 aliphatic heterocycles. The van der Waals surface area contributed by atoms with Crippen LogP contribution >= 0.6 is 24.0 Å². The van der Waals surface area contributed by atoms with Gasteiger partial charge < -0.3 is 20.2 Å². The first kappa shape index (κ1) is 21.1. The Labute approximate surface area is 185 Å². The Bertz CT molecular complexity index is 975. The predicted octanol–water partition coefficient (Wildman–Crippen LogP) is 4.07. The third kappa shape index (κ3) is 5.26. The van der Waals surface area contributed by atoms with E-state index in [1.165, 1.54) is 12.1 Å². The Kier molecular flexibility index (Phi) is 7.08. The Morgan fingerprint density at radius 3 is 2.83 bits per heavy atom. The molecule has 0 spiro atoms. The molecule has 4 rings (SSSR count). The molecule has 0 amide bonds. The quantitative estimate of drug-likeness (QED) is 0.309. The summed E-state index contributed by atoms with van der Waals surface area (Å²) in [5.41, 5.74) is 8.65. The molecule has 1 unspecified atom stereocenters. The topological polar surface area (TPSA) is 85.7 Å². The van der Waals surface area contributed by atoms with Crippen LogP contribution in [0.2, 0.25) is 0 Å². The van der Waals surface area contributed by atoms with Crippen LogP contribution in [0.15, 0.2) is 64.2 Å². The van der Waals surface area contributed by atoms with E-state index in [2.05, 4.69) is 15.3 Å². The zero-order valence-electron chi connectivity index (χ0n) is 15.7. The minimum absolute atomic E-state index is 0. The Morgan fingerprint density at radius 1 is 1.21 bits per heavy atom. The van der Waals surface area contributed by atoms with E-state index in [1.807, 2.05) is 24.3 Å². The van der Waals surface area contributed by atoms with Crippen LogP contribution < -0.4 is 15.8 Å². The van der Waals surface area contributed by atoms with E-state index < -0.39 is 0 Å². The van der Waals surface area contributed by atoms with Gasteiger partial charge in [0.15, 0.2) is 5.96 Å². The van der Waals surface area contributed by atoms with Gasteiger partial charge in [0.05, 0.1) is 18.3 Å². The third-order valence-corrected chi connectivity index (χ3v) is 4.57. The molecule has 6 nitrogen and oxygen atoms in total. The lowest BCUT2D eigenvalue weighted by Gasteiger charge is -2.26. The third-order valence-electron chi connectivity index (χ3n) is 4.57. The summed E-state index contributed by atoms with van der Waals surface area (Å²) in [7, 11) is 0. The summed E-state index contributed by atoms with van der Waals surface area (Å²) in [5, 5.41) is 3.27. The van der Waals surface area contributed by atoms with Gasteiger partial charge >= 0.3 is 0 Å². The largest absolute Gasteiger partial charge is 0.493 e. The molecule has 3 aromatic rings. The minimum Gasteiger partial charge on any atom is -0.493 e. The fourth-order valence-corrected chi connectivity index (χ4v) is 3.15. The molecule has 2 aromatic carbocycles. The van der Waals surface area contributed by atoms with Crippen molar-refractivity contribution in [2.24, 2.45) is 10.7 Å². The molecule has 1 atom stereocenters. The molecule has 0 bridgehead atoms. The maximum absolute atomic E-state index is 13.0. The zero-order chi connectivity index (χ0) is 19.3. The zero-order valence-corrected chi connectivity index (χ0v) is 18.0. The van der Waals surface area contributed by atoms with Crippen LogP contribution in [0.5, 0.6) is 5.75 Å². The number of aromatic nitrogens is 1. The molecular weight excluding hydrogens is 486 g/mol. The molecular formula is C21H22FIN4O2. The van der Waals surface area contributed by atoms with Gasteiger partial charge in [0.25, 0.3) is 0 Å². The highest BCUT2D eigenvalue weighted by molar-refractivity contribution is 14.0. The number of rotatable bonds is 5. The maximum atomic E-state index is 13.0.